The smallest absolute Gasteiger partial charge is 0.264 e. The number of carbonyl (C=O) groups excluding carboxylic acids is 1. The van der Waals surface area contributed by atoms with E-state index in [9.17, 15) is 13.2 Å². The maximum Gasteiger partial charge on any atom is 0.264 e. The van der Waals surface area contributed by atoms with Crippen LogP contribution in [0.1, 0.15) is 16.7 Å². The third kappa shape index (κ3) is 5.44. The van der Waals surface area contributed by atoms with E-state index in [2.05, 4.69) is 4.72 Å². The molecule has 0 aromatic heterocycles. The SMILES string of the molecule is Cc1ccc(N(C)C(=O)COc2ccc(S(=O)(=O)Nc3ccccc3C)cc2)cc1C. The molecule has 1 N–H and O–H groups in total. The third-order valence-electron chi connectivity index (χ3n) is 5.14. The molecule has 0 fully saturated rings. The molecule has 6 nitrogen and oxygen atoms in total. The predicted molar refractivity (Wildman–Crippen MR) is 123 cm³/mol. The Morgan fingerprint density at radius 1 is 0.903 bits per heavy atom. The first-order chi connectivity index (χ1) is 14.7. The molecule has 0 aliphatic carbocycles. The van der Waals surface area contributed by atoms with E-state index in [4.69, 9.17) is 4.74 Å². The van der Waals surface area contributed by atoms with Crippen molar-refractivity contribution in [2.24, 2.45) is 0 Å². The molecule has 0 atom stereocenters. The van der Waals surface area contributed by atoms with Gasteiger partial charge in [0.1, 0.15) is 5.75 Å². The summed E-state index contributed by atoms with van der Waals surface area (Å²) in [6.07, 6.45) is 0. The van der Waals surface area contributed by atoms with Crippen molar-refractivity contribution in [3.05, 3.63) is 83.4 Å². The summed E-state index contributed by atoms with van der Waals surface area (Å²) in [5, 5.41) is 0. The summed E-state index contributed by atoms with van der Waals surface area (Å²) in [5.74, 6) is 0.206. The van der Waals surface area contributed by atoms with Crippen LogP contribution in [0.15, 0.2) is 71.6 Å². The number of nitrogens with zero attached hydrogens (tertiary/aromatic N) is 1. The number of benzene rings is 3. The number of carbonyl (C=O) groups is 1. The first-order valence-electron chi connectivity index (χ1n) is 9.82. The molecule has 3 aromatic rings. The monoisotopic (exact) mass is 438 g/mol. The predicted octanol–water partition coefficient (Wildman–Crippen LogP) is 4.45. The van der Waals surface area contributed by atoms with Gasteiger partial charge in [0.15, 0.2) is 6.61 Å². The van der Waals surface area contributed by atoms with Crippen LogP contribution in [0, 0.1) is 20.8 Å². The number of hydrogen-bond acceptors (Lipinski definition) is 4. The highest BCUT2D eigenvalue weighted by molar-refractivity contribution is 7.92. The number of amides is 1. The minimum Gasteiger partial charge on any atom is -0.484 e. The lowest BCUT2D eigenvalue weighted by molar-refractivity contribution is -0.120. The number of rotatable bonds is 7. The number of anilines is 2. The highest BCUT2D eigenvalue weighted by atomic mass is 32.2. The normalized spacial score (nSPS) is 11.1. The maximum absolute atomic E-state index is 12.6. The molecule has 0 aliphatic heterocycles. The zero-order valence-electron chi connectivity index (χ0n) is 18.0. The number of sulfonamides is 1. The van der Waals surface area contributed by atoms with Gasteiger partial charge in [-0.2, -0.15) is 0 Å². The van der Waals surface area contributed by atoms with Crippen molar-refractivity contribution in [1.82, 2.24) is 0 Å². The van der Waals surface area contributed by atoms with Crippen LogP contribution in [0.25, 0.3) is 0 Å². The standard InChI is InChI=1S/C24H26N2O4S/c1-17-9-10-20(15-19(17)3)26(4)24(27)16-30-21-11-13-22(14-12-21)31(28,29)25-23-8-6-5-7-18(23)2/h5-15,25H,16H2,1-4H3. The average Bonchev–Trinajstić information content (AvgIpc) is 2.75. The van der Waals surface area contributed by atoms with Gasteiger partial charge >= 0.3 is 0 Å². The van der Waals surface area contributed by atoms with E-state index in [0.717, 1.165) is 22.4 Å². The molecule has 0 saturated carbocycles. The summed E-state index contributed by atoms with van der Waals surface area (Å²) in [4.78, 5) is 14.1. The van der Waals surface area contributed by atoms with Crippen LogP contribution in [0.4, 0.5) is 11.4 Å². The van der Waals surface area contributed by atoms with Crippen LogP contribution < -0.4 is 14.4 Å². The van der Waals surface area contributed by atoms with Crippen molar-refractivity contribution in [2.45, 2.75) is 25.7 Å². The van der Waals surface area contributed by atoms with Crippen molar-refractivity contribution in [3.8, 4) is 5.75 Å². The number of ether oxygens (including phenoxy) is 1. The van der Waals surface area contributed by atoms with Crippen LogP contribution >= 0.6 is 0 Å². The van der Waals surface area contributed by atoms with Crippen molar-refractivity contribution >= 4 is 27.3 Å². The van der Waals surface area contributed by atoms with Crippen LogP contribution in [0.5, 0.6) is 5.75 Å². The molecule has 0 unspecified atom stereocenters. The van der Waals surface area contributed by atoms with Crippen LogP contribution in [-0.2, 0) is 14.8 Å². The summed E-state index contributed by atoms with van der Waals surface area (Å²) in [6, 6.07) is 19.0. The molecule has 0 aliphatic rings. The zero-order valence-corrected chi connectivity index (χ0v) is 18.9. The Morgan fingerprint density at radius 3 is 2.23 bits per heavy atom. The lowest BCUT2D eigenvalue weighted by Crippen LogP contribution is -2.31. The maximum atomic E-state index is 12.6. The van der Waals surface area contributed by atoms with Gasteiger partial charge in [0.2, 0.25) is 0 Å². The number of likely N-dealkylation sites (N-methyl/N-ethyl adjacent to an activating group) is 1. The Morgan fingerprint density at radius 2 is 1.58 bits per heavy atom. The lowest BCUT2D eigenvalue weighted by Gasteiger charge is -2.19. The Balaban J connectivity index is 1.63. The Labute approximate surface area is 183 Å². The molecular formula is C24H26N2O4S. The minimum absolute atomic E-state index is 0.113. The van der Waals surface area contributed by atoms with Crippen molar-refractivity contribution in [1.29, 1.82) is 0 Å². The van der Waals surface area contributed by atoms with E-state index < -0.39 is 10.0 Å². The van der Waals surface area contributed by atoms with Gasteiger partial charge in [-0.1, -0.05) is 24.3 Å². The molecule has 1 amide bonds. The van der Waals surface area contributed by atoms with Crippen LogP contribution in [0.2, 0.25) is 0 Å². The van der Waals surface area contributed by atoms with E-state index >= 15 is 0 Å². The molecule has 3 rings (SSSR count). The number of hydrogen-bond donors (Lipinski definition) is 1. The van der Waals surface area contributed by atoms with E-state index in [-0.39, 0.29) is 17.4 Å². The molecule has 0 spiro atoms. The molecular weight excluding hydrogens is 412 g/mol. The average molecular weight is 439 g/mol. The van der Waals surface area contributed by atoms with E-state index in [1.54, 1.807) is 19.2 Å². The van der Waals surface area contributed by atoms with Crippen molar-refractivity contribution in [3.63, 3.8) is 0 Å². The fraction of sp³-hybridized carbons (Fsp3) is 0.208. The van der Waals surface area contributed by atoms with Gasteiger partial charge in [0.25, 0.3) is 15.9 Å². The second-order valence-electron chi connectivity index (χ2n) is 7.40. The second-order valence-corrected chi connectivity index (χ2v) is 9.08. The molecule has 162 valence electrons. The highest BCUT2D eigenvalue weighted by Gasteiger charge is 2.16. The van der Waals surface area contributed by atoms with E-state index in [0.29, 0.717) is 11.4 Å². The van der Waals surface area contributed by atoms with Gasteiger partial charge in [-0.15, -0.1) is 0 Å². The fourth-order valence-electron chi connectivity index (χ4n) is 2.93. The Bertz CT molecular complexity index is 1190. The van der Waals surface area contributed by atoms with Gasteiger partial charge in [0.05, 0.1) is 10.6 Å². The third-order valence-corrected chi connectivity index (χ3v) is 6.52. The zero-order chi connectivity index (χ0) is 22.6. The molecule has 0 bridgehead atoms. The first-order valence-corrected chi connectivity index (χ1v) is 11.3. The largest absolute Gasteiger partial charge is 0.484 e. The molecule has 7 heteroatoms. The fourth-order valence-corrected chi connectivity index (χ4v) is 4.06. The van der Waals surface area contributed by atoms with E-state index in [1.165, 1.54) is 29.2 Å². The molecule has 0 radical (unpaired) electrons. The minimum atomic E-state index is -3.72. The van der Waals surface area contributed by atoms with Gasteiger partial charge in [0, 0.05) is 12.7 Å². The second kappa shape index (κ2) is 9.22. The van der Waals surface area contributed by atoms with Crippen molar-refractivity contribution in [2.75, 3.05) is 23.3 Å². The molecule has 3 aromatic carbocycles. The topological polar surface area (TPSA) is 75.7 Å². The number of para-hydroxylation sites is 1. The lowest BCUT2D eigenvalue weighted by atomic mass is 10.1. The summed E-state index contributed by atoms with van der Waals surface area (Å²) >= 11 is 0. The van der Waals surface area contributed by atoms with Crippen molar-refractivity contribution < 1.29 is 17.9 Å². The Kier molecular flexibility index (Phi) is 6.65. The van der Waals surface area contributed by atoms with E-state index in [1.807, 2.05) is 51.1 Å². The van der Waals surface area contributed by atoms with Crippen LogP contribution in [-0.4, -0.2) is 28.0 Å². The number of nitrogens with one attached hydrogen (secondary N) is 1. The van der Waals surface area contributed by atoms with Crippen LogP contribution in [0.3, 0.4) is 0 Å². The molecule has 31 heavy (non-hydrogen) atoms. The molecule has 0 heterocycles. The Hall–Kier alpha value is -3.32. The highest BCUT2D eigenvalue weighted by Crippen LogP contribution is 2.22. The quantitative estimate of drug-likeness (QED) is 0.591. The summed E-state index contributed by atoms with van der Waals surface area (Å²) in [6.45, 7) is 5.69. The van der Waals surface area contributed by atoms with Gasteiger partial charge in [-0.05, 0) is 79.9 Å². The first kappa shape index (κ1) is 22.4. The van der Waals surface area contributed by atoms with Gasteiger partial charge in [-0.3, -0.25) is 9.52 Å². The summed E-state index contributed by atoms with van der Waals surface area (Å²) in [5.41, 5.74) is 4.42. The number of aryl methyl sites for hydroxylation is 3. The summed E-state index contributed by atoms with van der Waals surface area (Å²) in [7, 11) is -2.02. The van der Waals surface area contributed by atoms with Gasteiger partial charge < -0.3 is 9.64 Å². The molecule has 0 saturated heterocycles. The summed E-state index contributed by atoms with van der Waals surface area (Å²) < 4.78 is 33.4. The van der Waals surface area contributed by atoms with Gasteiger partial charge in [-0.25, -0.2) is 8.42 Å².